The lowest BCUT2D eigenvalue weighted by atomic mass is 10.2. The third kappa shape index (κ3) is 4.50. The molecule has 96 valence electrons. The maximum Gasteiger partial charge on any atom is 0.242 e. The number of pyridine rings is 1. The van der Waals surface area contributed by atoms with Crippen molar-refractivity contribution in [2.24, 2.45) is 0 Å². The van der Waals surface area contributed by atoms with Gasteiger partial charge < -0.3 is 10.6 Å². The Kier molecular flexibility index (Phi) is 7.11. The molecule has 1 saturated heterocycles. The molecule has 6 heteroatoms. The molecule has 2 N–H and O–H groups in total. The predicted octanol–water partition coefficient (Wildman–Crippen LogP) is 1.92. The molecule has 2 rings (SSSR count). The molecule has 0 unspecified atom stereocenters. The molecule has 2 heterocycles. The number of carbonyl (C=O) groups excluding carboxylic acids is 1. The summed E-state index contributed by atoms with van der Waals surface area (Å²) >= 11 is 0. The van der Waals surface area contributed by atoms with Gasteiger partial charge >= 0.3 is 0 Å². The fraction of sp³-hybridized carbons (Fsp3) is 0.455. The molecule has 1 aliphatic heterocycles. The summed E-state index contributed by atoms with van der Waals surface area (Å²) in [4.78, 5) is 15.8. The number of aromatic nitrogens is 1. The number of aryl methyl sites for hydroxylation is 1. The Hall–Kier alpha value is -0.840. The normalized spacial score (nSPS) is 17.8. The lowest BCUT2D eigenvalue weighted by Gasteiger charge is -2.10. The molecule has 1 amide bonds. The molecule has 0 radical (unpaired) electrons. The fourth-order valence-electron chi connectivity index (χ4n) is 1.66. The Labute approximate surface area is 113 Å². The van der Waals surface area contributed by atoms with Gasteiger partial charge in [-0.3, -0.25) is 4.79 Å². The van der Waals surface area contributed by atoms with Crippen LogP contribution in [0.3, 0.4) is 0 Å². The molecule has 1 atom stereocenters. The summed E-state index contributed by atoms with van der Waals surface area (Å²) in [6, 6.07) is 3.71. The molecule has 1 aromatic rings. The van der Waals surface area contributed by atoms with E-state index in [0.717, 1.165) is 24.9 Å². The van der Waals surface area contributed by atoms with Gasteiger partial charge in [-0.2, -0.15) is 0 Å². The Bertz CT molecular complexity index is 350. The van der Waals surface area contributed by atoms with E-state index < -0.39 is 0 Å². The van der Waals surface area contributed by atoms with Gasteiger partial charge in [-0.25, -0.2) is 4.98 Å². The second-order valence-corrected chi connectivity index (χ2v) is 3.86. The van der Waals surface area contributed by atoms with Gasteiger partial charge in [-0.1, -0.05) is 6.07 Å². The number of rotatable bonds is 2. The van der Waals surface area contributed by atoms with Crippen LogP contribution in [0.15, 0.2) is 18.3 Å². The van der Waals surface area contributed by atoms with Crippen molar-refractivity contribution in [3.05, 3.63) is 23.9 Å². The van der Waals surface area contributed by atoms with Gasteiger partial charge in [0.2, 0.25) is 5.91 Å². The van der Waals surface area contributed by atoms with Crippen LogP contribution in [0.4, 0.5) is 5.82 Å². The van der Waals surface area contributed by atoms with Gasteiger partial charge in [0.25, 0.3) is 0 Å². The van der Waals surface area contributed by atoms with E-state index in [4.69, 9.17) is 0 Å². The molecule has 0 aliphatic carbocycles. The highest BCUT2D eigenvalue weighted by Crippen LogP contribution is 2.09. The first-order chi connectivity index (χ1) is 7.25. The van der Waals surface area contributed by atoms with E-state index in [2.05, 4.69) is 15.6 Å². The first-order valence-corrected chi connectivity index (χ1v) is 5.22. The number of hydrogen-bond acceptors (Lipinski definition) is 3. The minimum Gasteiger partial charge on any atom is -0.309 e. The summed E-state index contributed by atoms with van der Waals surface area (Å²) in [5.41, 5.74) is 1.09. The number of halogens is 2. The topological polar surface area (TPSA) is 54.0 Å². The standard InChI is InChI=1S/C11H15N3O.2ClH/c1-8-4-5-10(13-7-8)14-11(15)9-3-2-6-12-9;;/h4-5,7,9,12H,2-3,6H2,1H3,(H,13,14,15);2*1H/t9-;;/m0../s1. The minimum absolute atomic E-state index is 0. The molecule has 0 saturated carbocycles. The number of carbonyl (C=O) groups is 1. The number of nitrogens with zero attached hydrogens (tertiary/aromatic N) is 1. The van der Waals surface area contributed by atoms with Crippen LogP contribution in [-0.2, 0) is 4.79 Å². The average molecular weight is 278 g/mol. The van der Waals surface area contributed by atoms with Gasteiger partial charge in [-0.05, 0) is 37.9 Å². The first kappa shape index (κ1) is 16.2. The largest absolute Gasteiger partial charge is 0.309 e. The van der Waals surface area contributed by atoms with Crippen molar-refractivity contribution in [1.29, 1.82) is 0 Å². The van der Waals surface area contributed by atoms with E-state index in [0.29, 0.717) is 5.82 Å². The highest BCUT2D eigenvalue weighted by atomic mass is 35.5. The molecule has 17 heavy (non-hydrogen) atoms. The van der Waals surface area contributed by atoms with Crippen LogP contribution in [0, 0.1) is 6.92 Å². The predicted molar refractivity (Wildman–Crippen MR) is 73.1 cm³/mol. The fourth-order valence-corrected chi connectivity index (χ4v) is 1.66. The number of amides is 1. The maximum absolute atomic E-state index is 11.7. The zero-order chi connectivity index (χ0) is 10.7. The average Bonchev–Trinajstić information content (AvgIpc) is 2.74. The van der Waals surface area contributed by atoms with E-state index in [1.54, 1.807) is 6.20 Å². The Balaban J connectivity index is 0.00000128. The molecule has 1 fully saturated rings. The van der Waals surface area contributed by atoms with E-state index in [1.165, 1.54) is 0 Å². The zero-order valence-corrected chi connectivity index (χ0v) is 11.2. The molecule has 0 spiro atoms. The second-order valence-electron chi connectivity index (χ2n) is 3.86. The third-order valence-electron chi connectivity index (χ3n) is 2.54. The summed E-state index contributed by atoms with van der Waals surface area (Å²) in [5, 5.41) is 5.95. The summed E-state index contributed by atoms with van der Waals surface area (Å²) in [7, 11) is 0. The van der Waals surface area contributed by atoms with Crippen molar-refractivity contribution in [1.82, 2.24) is 10.3 Å². The Morgan fingerprint density at radius 2 is 2.24 bits per heavy atom. The SMILES string of the molecule is Cc1ccc(NC(=O)[C@@H]2CCCN2)nc1.Cl.Cl. The van der Waals surface area contributed by atoms with Crippen molar-refractivity contribution in [3.63, 3.8) is 0 Å². The summed E-state index contributed by atoms with van der Waals surface area (Å²) in [6.07, 6.45) is 3.73. The van der Waals surface area contributed by atoms with Crippen LogP contribution in [-0.4, -0.2) is 23.5 Å². The highest BCUT2D eigenvalue weighted by Gasteiger charge is 2.21. The van der Waals surface area contributed by atoms with Crippen LogP contribution in [0.25, 0.3) is 0 Å². The van der Waals surface area contributed by atoms with Gasteiger partial charge in [0.1, 0.15) is 5.82 Å². The number of hydrogen-bond donors (Lipinski definition) is 2. The van der Waals surface area contributed by atoms with Crippen molar-refractivity contribution in [2.45, 2.75) is 25.8 Å². The molecular weight excluding hydrogens is 261 g/mol. The van der Waals surface area contributed by atoms with Gasteiger partial charge in [0.15, 0.2) is 0 Å². The van der Waals surface area contributed by atoms with Crippen molar-refractivity contribution >= 4 is 36.5 Å². The first-order valence-electron chi connectivity index (χ1n) is 5.22. The monoisotopic (exact) mass is 277 g/mol. The van der Waals surface area contributed by atoms with Gasteiger partial charge in [0.05, 0.1) is 6.04 Å². The molecule has 0 bridgehead atoms. The molecule has 1 aliphatic rings. The zero-order valence-electron chi connectivity index (χ0n) is 9.60. The lowest BCUT2D eigenvalue weighted by molar-refractivity contribution is -0.117. The van der Waals surface area contributed by atoms with Crippen LogP contribution in [0.5, 0.6) is 0 Å². The van der Waals surface area contributed by atoms with Crippen LogP contribution in [0.1, 0.15) is 18.4 Å². The Morgan fingerprint density at radius 1 is 1.47 bits per heavy atom. The van der Waals surface area contributed by atoms with E-state index in [1.807, 2.05) is 19.1 Å². The summed E-state index contributed by atoms with van der Waals surface area (Å²) in [5.74, 6) is 0.642. The molecule has 4 nitrogen and oxygen atoms in total. The highest BCUT2D eigenvalue weighted by molar-refractivity contribution is 5.94. The van der Waals surface area contributed by atoms with Gasteiger partial charge in [0, 0.05) is 6.20 Å². The van der Waals surface area contributed by atoms with E-state index in [-0.39, 0.29) is 36.8 Å². The maximum atomic E-state index is 11.7. The van der Waals surface area contributed by atoms with Gasteiger partial charge in [-0.15, -0.1) is 24.8 Å². The van der Waals surface area contributed by atoms with Crippen molar-refractivity contribution < 1.29 is 4.79 Å². The third-order valence-corrected chi connectivity index (χ3v) is 2.54. The van der Waals surface area contributed by atoms with E-state index in [9.17, 15) is 4.79 Å². The smallest absolute Gasteiger partial charge is 0.242 e. The molecule has 1 aromatic heterocycles. The van der Waals surface area contributed by atoms with Crippen LogP contribution in [0.2, 0.25) is 0 Å². The Morgan fingerprint density at radius 3 is 2.76 bits per heavy atom. The summed E-state index contributed by atoms with van der Waals surface area (Å²) in [6.45, 7) is 2.90. The molecule has 0 aromatic carbocycles. The molecular formula is C11H17Cl2N3O. The number of nitrogens with one attached hydrogen (secondary N) is 2. The summed E-state index contributed by atoms with van der Waals surface area (Å²) < 4.78 is 0. The van der Waals surface area contributed by atoms with Crippen LogP contribution >= 0.6 is 24.8 Å². The van der Waals surface area contributed by atoms with E-state index >= 15 is 0 Å². The second kappa shape index (κ2) is 7.48. The lowest BCUT2D eigenvalue weighted by Crippen LogP contribution is -2.35. The quantitative estimate of drug-likeness (QED) is 0.869. The van der Waals surface area contributed by atoms with Crippen molar-refractivity contribution in [2.75, 3.05) is 11.9 Å². The van der Waals surface area contributed by atoms with Crippen LogP contribution < -0.4 is 10.6 Å². The van der Waals surface area contributed by atoms with Crippen molar-refractivity contribution in [3.8, 4) is 0 Å². The minimum atomic E-state index is -0.0481. The number of anilines is 1.